The number of hydrogen-bond donors (Lipinski definition) is 1. The fourth-order valence-electron chi connectivity index (χ4n) is 1.66. The molecule has 0 atom stereocenters. The predicted molar refractivity (Wildman–Crippen MR) is 75.4 cm³/mol. The zero-order chi connectivity index (χ0) is 14.7. The molecule has 0 radical (unpaired) electrons. The average Bonchev–Trinajstić information content (AvgIpc) is 2.39. The molecule has 0 spiro atoms. The van der Waals surface area contributed by atoms with Gasteiger partial charge in [-0.25, -0.2) is 13.8 Å². The summed E-state index contributed by atoms with van der Waals surface area (Å²) in [5.41, 5.74) is 0.732. The van der Waals surface area contributed by atoms with E-state index < -0.39 is 17.5 Å². The largest absolute Gasteiger partial charge is 0.310 e. The highest BCUT2D eigenvalue weighted by Crippen LogP contribution is 2.17. The number of rotatable bonds is 3. The lowest BCUT2D eigenvalue weighted by Crippen LogP contribution is -2.16. The lowest BCUT2D eigenvalue weighted by molar-refractivity contribution is -0.115. The molecule has 0 fully saturated rings. The van der Waals surface area contributed by atoms with E-state index in [1.165, 1.54) is 12.1 Å². The van der Waals surface area contributed by atoms with Crippen LogP contribution in [0.15, 0.2) is 34.8 Å². The summed E-state index contributed by atoms with van der Waals surface area (Å²) in [7, 11) is 0. The van der Waals surface area contributed by atoms with Crippen molar-refractivity contribution in [2.45, 2.75) is 13.3 Å². The van der Waals surface area contributed by atoms with E-state index in [-0.39, 0.29) is 12.0 Å². The first kappa shape index (κ1) is 14.6. The summed E-state index contributed by atoms with van der Waals surface area (Å²) in [6.07, 6.45) is -0.250. The number of aryl methyl sites for hydroxylation is 1. The van der Waals surface area contributed by atoms with E-state index in [1.54, 1.807) is 19.1 Å². The summed E-state index contributed by atoms with van der Waals surface area (Å²) in [5, 5.41) is 2.55. The van der Waals surface area contributed by atoms with Gasteiger partial charge in [-0.3, -0.25) is 4.79 Å². The number of pyridine rings is 1. The van der Waals surface area contributed by atoms with Gasteiger partial charge in [-0.15, -0.1) is 0 Å². The number of nitrogens with one attached hydrogen (secondary N) is 1. The first-order valence-electron chi connectivity index (χ1n) is 5.83. The zero-order valence-corrected chi connectivity index (χ0v) is 12.2. The van der Waals surface area contributed by atoms with E-state index in [0.29, 0.717) is 5.82 Å². The van der Waals surface area contributed by atoms with Crippen molar-refractivity contribution in [3.63, 3.8) is 0 Å². The van der Waals surface area contributed by atoms with Crippen molar-refractivity contribution in [1.29, 1.82) is 0 Å². The van der Waals surface area contributed by atoms with Crippen LogP contribution in [0.25, 0.3) is 0 Å². The third kappa shape index (κ3) is 3.39. The number of nitrogens with zero attached hydrogens (tertiary/aromatic N) is 1. The molecule has 1 heterocycles. The molecular formula is C14H11BrF2N2O. The monoisotopic (exact) mass is 340 g/mol. The van der Waals surface area contributed by atoms with E-state index in [2.05, 4.69) is 26.2 Å². The Labute approximate surface area is 123 Å². The topological polar surface area (TPSA) is 42.0 Å². The van der Waals surface area contributed by atoms with Gasteiger partial charge < -0.3 is 5.32 Å². The fraction of sp³-hybridized carbons (Fsp3) is 0.143. The van der Waals surface area contributed by atoms with Gasteiger partial charge in [-0.2, -0.15) is 0 Å². The quantitative estimate of drug-likeness (QED) is 0.927. The molecule has 2 rings (SSSR count). The molecule has 0 aliphatic rings. The second kappa shape index (κ2) is 6.09. The van der Waals surface area contributed by atoms with Gasteiger partial charge in [-0.05, 0) is 41.1 Å². The van der Waals surface area contributed by atoms with Crippen molar-refractivity contribution >= 4 is 27.7 Å². The first-order valence-corrected chi connectivity index (χ1v) is 6.62. The first-order chi connectivity index (χ1) is 9.47. The van der Waals surface area contributed by atoms with Gasteiger partial charge in [0, 0.05) is 10.0 Å². The van der Waals surface area contributed by atoms with Crippen LogP contribution in [0.5, 0.6) is 0 Å². The van der Waals surface area contributed by atoms with Crippen molar-refractivity contribution in [2.24, 2.45) is 0 Å². The summed E-state index contributed by atoms with van der Waals surface area (Å²) >= 11 is 3.30. The molecule has 1 amide bonds. The van der Waals surface area contributed by atoms with Gasteiger partial charge in [0.15, 0.2) is 11.6 Å². The lowest BCUT2D eigenvalue weighted by atomic mass is 10.1. The van der Waals surface area contributed by atoms with E-state index in [1.807, 2.05) is 0 Å². The maximum atomic E-state index is 13.4. The van der Waals surface area contributed by atoms with Gasteiger partial charge in [0.05, 0.1) is 12.1 Å². The smallest absolute Gasteiger partial charge is 0.230 e. The minimum Gasteiger partial charge on any atom is -0.310 e. The molecule has 6 heteroatoms. The minimum atomic E-state index is -0.998. The van der Waals surface area contributed by atoms with Gasteiger partial charge in [0.1, 0.15) is 5.82 Å². The van der Waals surface area contributed by atoms with Crippen molar-refractivity contribution in [3.8, 4) is 0 Å². The van der Waals surface area contributed by atoms with Gasteiger partial charge >= 0.3 is 0 Å². The molecule has 0 aliphatic carbocycles. The van der Waals surface area contributed by atoms with Crippen molar-refractivity contribution in [3.05, 3.63) is 57.7 Å². The van der Waals surface area contributed by atoms with E-state index in [4.69, 9.17) is 0 Å². The number of amides is 1. The maximum Gasteiger partial charge on any atom is 0.230 e. The van der Waals surface area contributed by atoms with E-state index in [9.17, 15) is 13.6 Å². The molecule has 1 aromatic heterocycles. The molecule has 0 aliphatic heterocycles. The average molecular weight is 341 g/mol. The summed E-state index contributed by atoms with van der Waals surface area (Å²) in [4.78, 5) is 15.9. The zero-order valence-electron chi connectivity index (χ0n) is 10.6. The van der Waals surface area contributed by atoms with E-state index >= 15 is 0 Å². The Morgan fingerprint density at radius 1 is 1.30 bits per heavy atom. The molecule has 2 aromatic rings. The number of carbonyl (C=O) groups is 1. The van der Waals surface area contributed by atoms with Crippen molar-refractivity contribution in [2.75, 3.05) is 5.32 Å². The van der Waals surface area contributed by atoms with Crippen molar-refractivity contribution in [1.82, 2.24) is 4.98 Å². The van der Waals surface area contributed by atoms with Gasteiger partial charge in [0.2, 0.25) is 5.91 Å². The number of anilines is 1. The second-order valence-corrected chi connectivity index (χ2v) is 5.06. The van der Waals surface area contributed by atoms with Crippen LogP contribution in [0.3, 0.4) is 0 Å². The molecule has 3 nitrogen and oxygen atoms in total. The van der Waals surface area contributed by atoms with Crippen LogP contribution >= 0.6 is 15.9 Å². The Bertz CT molecular complexity index is 662. The highest BCUT2D eigenvalue weighted by atomic mass is 79.9. The molecule has 104 valence electrons. The van der Waals surface area contributed by atoms with Crippen LogP contribution in [0, 0.1) is 18.6 Å². The molecule has 1 aromatic carbocycles. The third-order valence-electron chi connectivity index (χ3n) is 2.67. The highest BCUT2D eigenvalue weighted by Gasteiger charge is 2.12. The Morgan fingerprint density at radius 2 is 2.05 bits per heavy atom. The molecular weight excluding hydrogens is 330 g/mol. The minimum absolute atomic E-state index is 0.0105. The Balaban J connectivity index is 2.09. The molecule has 1 N–H and O–H groups in total. The Hall–Kier alpha value is -1.82. The number of halogens is 3. The third-order valence-corrected chi connectivity index (χ3v) is 3.51. The predicted octanol–water partition coefficient (Wildman–Crippen LogP) is 3.61. The van der Waals surface area contributed by atoms with Crippen molar-refractivity contribution < 1.29 is 13.6 Å². The van der Waals surface area contributed by atoms with E-state index in [0.717, 1.165) is 16.2 Å². The summed E-state index contributed by atoms with van der Waals surface area (Å²) < 4.78 is 27.3. The number of carbonyl (C=O) groups excluding carboxylic acids is 1. The van der Waals surface area contributed by atoms with Crippen LogP contribution in [-0.4, -0.2) is 10.9 Å². The van der Waals surface area contributed by atoms with Crippen LogP contribution in [-0.2, 0) is 11.2 Å². The summed E-state index contributed by atoms with van der Waals surface area (Å²) in [5.74, 6) is -2.05. The van der Waals surface area contributed by atoms with Crippen LogP contribution in [0.4, 0.5) is 14.6 Å². The van der Waals surface area contributed by atoms with Gasteiger partial charge in [-0.1, -0.05) is 12.1 Å². The maximum absolute atomic E-state index is 13.4. The molecule has 0 saturated carbocycles. The fourth-order valence-corrected chi connectivity index (χ4v) is 1.88. The van der Waals surface area contributed by atoms with Crippen LogP contribution in [0.1, 0.15) is 11.3 Å². The molecule has 20 heavy (non-hydrogen) atoms. The SMILES string of the molecule is Cc1nc(NC(=O)Cc2cccc(F)c2F)ccc1Br. The van der Waals surface area contributed by atoms with Crippen LogP contribution < -0.4 is 5.32 Å². The molecule has 0 saturated heterocycles. The highest BCUT2D eigenvalue weighted by molar-refractivity contribution is 9.10. The normalized spacial score (nSPS) is 10.4. The summed E-state index contributed by atoms with van der Waals surface area (Å²) in [6.45, 7) is 1.78. The number of benzene rings is 1. The Kier molecular flexibility index (Phi) is 4.44. The molecule has 0 unspecified atom stereocenters. The lowest BCUT2D eigenvalue weighted by Gasteiger charge is -2.07. The second-order valence-electron chi connectivity index (χ2n) is 4.20. The summed E-state index contributed by atoms with van der Waals surface area (Å²) in [6, 6.07) is 7.12. The standard InChI is InChI=1S/C14H11BrF2N2O/c1-8-10(15)5-6-12(18-8)19-13(20)7-9-3-2-4-11(16)14(9)17/h2-6H,7H2,1H3,(H,18,19,20). The number of hydrogen-bond acceptors (Lipinski definition) is 2. The van der Waals surface area contributed by atoms with Crippen LogP contribution in [0.2, 0.25) is 0 Å². The Morgan fingerprint density at radius 3 is 2.75 bits per heavy atom. The molecule has 0 bridgehead atoms. The number of aromatic nitrogens is 1. The van der Waals surface area contributed by atoms with Gasteiger partial charge in [0.25, 0.3) is 0 Å².